The largest absolute Gasteiger partial charge is 0.353 e. The molecule has 0 spiro atoms. The molecule has 2 saturated carbocycles. The van der Waals surface area contributed by atoms with Gasteiger partial charge in [-0.1, -0.05) is 32.6 Å². The molecule has 1 aromatic heterocycles. The van der Waals surface area contributed by atoms with E-state index < -0.39 is 0 Å². The highest BCUT2D eigenvalue weighted by atomic mass is 15.2. The summed E-state index contributed by atoms with van der Waals surface area (Å²) in [5.74, 6) is 2.10. The third-order valence-corrected chi connectivity index (χ3v) is 5.26. The molecule has 3 heteroatoms. The number of aromatic nitrogens is 2. The summed E-state index contributed by atoms with van der Waals surface area (Å²) >= 11 is 0. The molecular weight excluding hydrogens is 246 g/mol. The van der Waals surface area contributed by atoms with E-state index in [-0.39, 0.29) is 0 Å². The zero-order chi connectivity index (χ0) is 13.8. The first kappa shape index (κ1) is 14.0. The van der Waals surface area contributed by atoms with Crippen LogP contribution in [0.2, 0.25) is 0 Å². The van der Waals surface area contributed by atoms with Gasteiger partial charge in [-0.25, -0.2) is 4.98 Å². The molecule has 0 aromatic carbocycles. The van der Waals surface area contributed by atoms with E-state index in [1.165, 1.54) is 64.2 Å². The van der Waals surface area contributed by atoms with E-state index in [0.29, 0.717) is 12.1 Å². The summed E-state index contributed by atoms with van der Waals surface area (Å²) in [5.41, 5.74) is 0. The molecule has 0 amide bonds. The highest BCUT2D eigenvalue weighted by Gasteiger charge is 2.24. The number of imidazole rings is 1. The minimum absolute atomic E-state index is 0.660. The van der Waals surface area contributed by atoms with E-state index in [1.807, 2.05) is 6.20 Å². The fourth-order valence-corrected chi connectivity index (χ4v) is 4.09. The number of hydrogen-bond donors (Lipinski definition) is 1. The van der Waals surface area contributed by atoms with Crippen LogP contribution in [0.4, 0.5) is 5.95 Å². The van der Waals surface area contributed by atoms with Crippen LogP contribution in [0.25, 0.3) is 0 Å². The Bertz CT molecular complexity index is 398. The van der Waals surface area contributed by atoms with Crippen LogP contribution >= 0.6 is 0 Å². The van der Waals surface area contributed by atoms with Gasteiger partial charge in [0.1, 0.15) is 0 Å². The number of rotatable bonds is 5. The maximum atomic E-state index is 4.56. The highest BCUT2D eigenvalue weighted by molar-refractivity contribution is 5.29. The predicted molar refractivity (Wildman–Crippen MR) is 84.0 cm³/mol. The van der Waals surface area contributed by atoms with Gasteiger partial charge in [0, 0.05) is 24.5 Å². The summed E-state index contributed by atoms with van der Waals surface area (Å²) in [7, 11) is 0. The Hall–Kier alpha value is -0.990. The molecule has 0 aliphatic heterocycles. The maximum Gasteiger partial charge on any atom is 0.203 e. The highest BCUT2D eigenvalue weighted by Crippen LogP contribution is 2.36. The topological polar surface area (TPSA) is 29.9 Å². The van der Waals surface area contributed by atoms with Gasteiger partial charge in [0.15, 0.2) is 0 Å². The van der Waals surface area contributed by atoms with Gasteiger partial charge in [0.2, 0.25) is 5.95 Å². The third-order valence-electron chi connectivity index (χ3n) is 5.26. The second-order valence-corrected chi connectivity index (χ2v) is 6.75. The fourth-order valence-electron chi connectivity index (χ4n) is 4.09. The maximum absolute atomic E-state index is 4.56. The van der Waals surface area contributed by atoms with E-state index >= 15 is 0 Å². The molecule has 1 aromatic rings. The Morgan fingerprint density at radius 3 is 2.60 bits per heavy atom. The molecule has 112 valence electrons. The smallest absolute Gasteiger partial charge is 0.203 e. The zero-order valence-electron chi connectivity index (χ0n) is 12.9. The second kappa shape index (κ2) is 6.64. The van der Waals surface area contributed by atoms with E-state index in [2.05, 4.69) is 28.0 Å². The molecule has 0 atom stereocenters. The van der Waals surface area contributed by atoms with Crippen molar-refractivity contribution in [3.05, 3.63) is 12.4 Å². The summed E-state index contributed by atoms with van der Waals surface area (Å²) in [6, 6.07) is 1.34. The van der Waals surface area contributed by atoms with Crippen LogP contribution < -0.4 is 5.32 Å². The van der Waals surface area contributed by atoms with Crippen molar-refractivity contribution in [3.8, 4) is 0 Å². The van der Waals surface area contributed by atoms with Crippen molar-refractivity contribution >= 4 is 5.95 Å². The van der Waals surface area contributed by atoms with Gasteiger partial charge in [-0.05, 0) is 44.4 Å². The lowest BCUT2D eigenvalue weighted by Crippen LogP contribution is -2.22. The first-order valence-corrected chi connectivity index (χ1v) is 8.66. The molecule has 3 rings (SSSR count). The average molecular weight is 275 g/mol. The Balaban J connectivity index is 1.58. The van der Waals surface area contributed by atoms with Gasteiger partial charge < -0.3 is 9.88 Å². The third kappa shape index (κ3) is 3.18. The van der Waals surface area contributed by atoms with Gasteiger partial charge in [-0.3, -0.25) is 0 Å². The van der Waals surface area contributed by atoms with Crippen molar-refractivity contribution in [2.75, 3.05) is 5.32 Å². The molecule has 2 aliphatic carbocycles. The molecular formula is C17H29N3. The number of hydrogen-bond acceptors (Lipinski definition) is 2. The van der Waals surface area contributed by atoms with Crippen LogP contribution in [0.1, 0.15) is 77.2 Å². The zero-order valence-corrected chi connectivity index (χ0v) is 12.9. The van der Waals surface area contributed by atoms with Gasteiger partial charge in [0.05, 0.1) is 0 Å². The Morgan fingerprint density at radius 2 is 1.90 bits per heavy atom. The van der Waals surface area contributed by atoms with Crippen LogP contribution in [-0.4, -0.2) is 15.6 Å². The monoisotopic (exact) mass is 275 g/mol. The van der Waals surface area contributed by atoms with E-state index in [4.69, 9.17) is 0 Å². The molecule has 2 fully saturated rings. The quantitative estimate of drug-likeness (QED) is 0.839. The number of anilines is 1. The summed E-state index contributed by atoms with van der Waals surface area (Å²) < 4.78 is 2.42. The van der Waals surface area contributed by atoms with Gasteiger partial charge in [-0.2, -0.15) is 0 Å². The minimum Gasteiger partial charge on any atom is -0.353 e. The van der Waals surface area contributed by atoms with Crippen LogP contribution in [-0.2, 0) is 0 Å². The van der Waals surface area contributed by atoms with Crippen molar-refractivity contribution in [2.45, 2.75) is 83.2 Å². The first-order valence-electron chi connectivity index (χ1n) is 8.66. The Labute approximate surface area is 123 Å². The molecule has 3 nitrogen and oxygen atoms in total. The van der Waals surface area contributed by atoms with E-state index in [1.54, 1.807) is 0 Å². The van der Waals surface area contributed by atoms with Crippen molar-refractivity contribution in [3.63, 3.8) is 0 Å². The van der Waals surface area contributed by atoms with Crippen molar-refractivity contribution in [1.29, 1.82) is 0 Å². The SMILES string of the molecule is CCCC1CCC(n2ccnc2NC2CCCC2)CC1. The van der Waals surface area contributed by atoms with Crippen molar-refractivity contribution in [2.24, 2.45) is 5.92 Å². The molecule has 0 bridgehead atoms. The summed E-state index contributed by atoms with van der Waals surface area (Å²) in [6.07, 6.45) is 17.8. The van der Waals surface area contributed by atoms with Crippen LogP contribution in [0.3, 0.4) is 0 Å². The molecule has 0 saturated heterocycles. The molecule has 1 N–H and O–H groups in total. The lowest BCUT2D eigenvalue weighted by Gasteiger charge is -2.30. The number of nitrogens with zero attached hydrogens (tertiary/aromatic N) is 2. The standard InChI is InChI=1S/C17H29N3/c1-2-5-14-8-10-16(11-9-14)20-13-12-18-17(20)19-15-6-3-4-7-15/h12-16H,2-11H2,1H3,(H,18,19). The Kier molecular flexibility index (Phi) is 4.64. The van der Waals surface area contributed by atoms with Crippen LogP contribution in [0.15, 0.2) is 12.4 Å². The average Bonchev–Trinajstić information content (AvgIpc) is 3.12. The van der Waals surface area contributed by atoms with Crippen molar-refractivity contribution < 1.29 is 0 Å². The molecule has 1 heterocycles. The molecule has 20 heavy (non-hydrogen) atoms. The second-order valence-electron chi connectivity index (χ2n) is 6.75. The normalized spacial score (nSPS) is 27.9. The van der Waals surface area contributed by atoms with Gasteiger partial charge in [0.25, 0.3) is 0 Å². The minimum atomic E-state index is 0.660. The fraction of sp³-hybridized carbons (Fsp3) is 0.824. The van der Waals surface area contributed by atoms with E-state index in [0.717, 1.165) is 11.9 Å². The summed E-state index contributed by atoms with van der Waals surface area (Å²) in [6.45, 7) is 2.31. The number of nitrogens with one attached hydrogen (secondary N) is 1. The summed E-state index contributed by atoms with van der Waals surface area (Å²) in [4.78, 5) is 4.56. The van der Waals surface area contributed by atoms with Crippen molar-refractivity contribution in [1.82, 2.24) is 9.55 Å². The van der Waals surface area contributed by atoms with E-state index in [9.17, 15) is 0 Å². The van der Waals surface area contributed by atoms with Gasteiger partial charge in [-0.15, -0.1) is 0 Å². The first-order chi connectivity index (χ1) is 9.86. The summed E-state index contributed by atoms with van der Waals surface area (Å²) in [5, 5.41) is 3.67. The molecule has 0 unspecified atom stereocenters. The van der Waals surface area contributed by atoms with Crippen LogP contribution in [0.5, 0.6) is 0 Å². The van der Waals surface area contributed by atoms with Crippen LogP contribution in [0, 0.1) is 5.92 Å². The molecule has 0 radical (unpaired) electrons. The predicted octanol–water partition coefficient (Wildman–Crippen LogP) is 4.77. The molecule has 2 aliphatic rings. The lowest BCUT2D eigenvalue weighted by atomic mass is 9.83. The lowest BCUT2D eigenvalue weighted by molar-refractivity contribution is 0.264. The Morgan fingerprint density at radius 1 is 1.15 bits per heavy atom. The van der Waals surface area contributed by atoms with Gasteiger partial charge >= 0.3 is 0 Å².